The fourth-order valence-corrected chi connectivity index (χ4v) is 6.19. The number of para-hydroxylation sites is 1. The van der Waals surface area contributed by atoms with Gasteiger partial charge in [0.15, 0.2) is 11.5 Å². The first-order valence-corrected chi connectivity index (χ1v) is 11.1. The van der Waals surface area contributed by atoms with E-state index in [1.807, 2.05) is 43.3 Å². The van der Waals surface area contributed by atoms with Gasteiger partial charge in [0.2, 0.25) is 10.0 Å². The number of benzene rings is 1. The first-order chi connectivity index (χ1) is 13.5. The summed E-state index contributed by atoms with van der Waals surface area (Å²) in [4.78, 5) is 2.06. The lowest BCUT2D eigenvalue weighted by Gasteiger charge is -2.35. The predicted octanol–water partition coefficient (Wildman–Crippen LogP) is 1.79. The smallest absolute Gasteiger partial charge is 0.239 e. The molecule has 1 aromatic carbocycles. The summed E-state index contributed by atoms with van der Waals surface area (Å²) in [5.74, 6) is 1.48. The Morgan fingerprint density at radius 3 is 2.82 bits per heavy atom. The molecule has 1 saturated heterocycles. The molecule has 1 fully saturated rings. The normalized spacial score (nSPS) is 20.0. The van der Waals surface area contributed by atoms with Crippen molar-refractivity contribution in [1.82, 2.24) is 19.8 Å². The Morgan fingerprint density at radius 2 is 1.93 bits per heavy atom. The Labute approximate surface area is 163 Å². The minimum Gasteiger partial charge on any atom is -0.354 e. The van der Waals surface area contributed by atoms with Crippen LogP contribution < -0.4 is 9.21 Å². The Bertz CT molecular complexity index is 1140. The zero-order valence-electron chi connectivity index (χ0n) is 15.7. The molecule has 0 saturated carbocycles. The number of hydrogen-bond donors (Lipinski definition) is 0. The maximum atomic E-state index is 13.4. The molecular weight excluding hydrogens is 376 g/mol. The molecule has 0 aliphatic carbocycles. The SMILES string of the molecule is Cc1nnc2ccc(N3CCCC(S(=O)(=O)N4CCc5ccccc54)C3)nn12. The molecule has 3 aromatic rings. The molecule has 0 amide bonds. The zero-order valence-corrected chi connectivity index (χ0v) is 16.5. The van der Waals surface area contributed by atoms with Gasteiger partial charge in [-0.25, -0.2) is 8.42 Å². The number of fused-ring (bicyclic) bond motifs is 2. The lowest BCUT2D eigenvalue weighted by atomic mass is 10.1. The zero-order chi connectivity index (χ0) is 19.3. The van der Waals surface area contributed by atoms with E-state index < -0.39 is 15.3 Å². The van der Waals surface area contributed by atoms with Gasteiger partial charge in [0.25, 0.3) is 0 Å². The molecular formula is C19H22N6O2S. The predicted molar refractivity (Wildman–Crippen MR) is 107 cm³/mol. The van der Waals surface area contributed by atoms with Gasteiger partial charge in [-0.1, -0.05) is 18.2 Å². The van der Waals surface area contributed by atoms with Crippen LogP contribution in [-0.2, 0) is 16.4 Å². The molecule has 28 heavy (non-hydrogen) atoms. The number of nitrogens with zero attached hydrogens (tertiary/aromatic N) is 6. The van der Waals surface area contributed by atoms with Gasteiger partial charge in [0.05, 0.1) is 10.9 Å². The highest BCUT2D eigenvalue weighted by Gasteiger charge is 2.38. The summed E-state index contributed by atoms with van der Waals surface area (Å²) in [5, 5.41) is 12.3. The van der Waals surface area contributed by atoms with Gasteiger partial charge < -0.3 is 4.90 Å². The quantitative estimate of drug-likeness (QED) is 0.669. The van der Waals surface area contributed by atoms with Crippen LogP contribution in [0.15, 0.2) is 36.4 Å². The second kappa shape index (κ2) is 6.44. The molecule has 2 aliphatic rings. The number of aryl methyl sites for hydroxylation is 1. The lowest BCUT2D eigenvalue weighted by molar-refractivity contribution is 0.526. The van der Waals surface area contributed by atoms with Crippen LogP contribution in [0.4, 0.5) is 11.5 Å². The molecule has 4 heterocycles. The standard InChI is InChI=1S/C19H22N6O2S/c1-14-20-21-18-8-9-19(22-25(14)18)23-11-4-6-16(13-23)28(26,27)24-12-10-15-5-2-3-7-17(15)24/h2-3,5,7-9,16H,4,6,10-13H2,1H3. The summed E-state index contributed by atoms with van der Waals surface area (Å²) in [5.41, 5.74) is 2.63. The van der Waals surface area contributed by atoms with Gasteiger partial charge in [-0.05, 0) is 49.9 Å². The van der Waals surface area contributed by atoms with E-state index in [9.17, 15) is 8.42 Å². The Kier molecular flexibility index (Phi) is 4.01. The van der Waals surface area contributed by atoms with Crippen molar-refractivity contribution in [2.75, 3.05) is 28.8 Å². The molecule has 0 spiro atoms. The number of piperidine rings is 1. The molecule has 8 nitrogen and oxygen atoms in total. The van der Waals surface area contributed by atoms with Gasteiger partial charge in [-0.15, -0.1) is 15.3 Å². The van der Waals surface area contributed by atoms with Crippen LogP contribution in [-0.4, -0.2) is 53.1 Å². The average molecular weight is 398 g/mol. The van der Waals surface area contributed by atoms with Crippen molar-refractivity contribution in [3.63, 3.8) is 0 Å². The number of aromatic nitrogens is 4. The topological polar surface area (TPSA) is 83.7 Å². The van der Waals surface area contributed by atoms with Crippen molar-refractivity contribution in [3.05, 3.63) is 47.8 Å². The van der Waals surface area contributed by atoms with E-state index in [4.69, 9.17) is 0 Å². The van der Waals surface area contributed by atoms with Crippen LogP contribution in [0.1, 0.15) is 24.2 Å². The summed E-state index contributed by atoms with van der Waals surface area (Å²) in [6.07, 6.45) is 2.27. The van der Waals surface area contributed by atoms with E-state index in [1.54, 1.807) is 8.82 Å². The Hall–Kier alpha value is -2.68. The lowest BCUT2D eigenvalue weighted by Crippen LogP contribution is -2.48. The van der Waals surface area contributed by atoms with Crippen molar-refractivity contribution in [2.45, 2.75) is 31.4 Å². The summed E-state index contributed by atoms with van der Waals surface area (Å²) in [6, 6.07) is 11.6. The summed E-state index contributed by atoms with van der Waals surface area (Å²) in [6.45, 7) is 3.62. The van der Waals surface area contributed by atoms with E-state index in [1.165, 1.54) is 0 Å². The number of hydrogen-bond acceptors (Lipinski definition) is 6. The summed E-state index contributed by atoms with van der Waals surface area (Å²) < 4.78 is 30.1. The molecule has 146 valence electrons. The third kappa shape index (κ3) is 2.72. The van der Waals surface area contributed by atoms with Gasteiger partial charge in [0, 0.05) is 19.6 Å². The number of rotatable bonds is 3. The molecule has 1 atom stereocenters. The second-order valence-corrected chi connectivity index (χ2v) is 9.55. The van der Waals surface area contributed by atoms with Gasteiger partial charge in [-0.2, -0.15) is 4.52 Å². The number of sulfonamides is 1. The van der Waals surface area contributed by atoms with E-state index in [2.05, 4.69) is 20.2 Å². The van der Waals surface area contributed by atoms with E-state index in [0.29, 0.717) is 31.0 Å². The second-order valence-electron chi connectivity index (χ2n) is 7.41. The molecule has 2 aliphatic heterocycles. The maximum absolute atomic E-state index is 13.4. The highest BCUT2D eigenvalue weighted by atomic mass is 32.2. The third-order valence-electron chi connectivity index (χ3n) is 5.68. The minimum absolute atomic E-state index is 0.438. The van der Waals surface area contributed by atoms with Crippen LogP contribution in [0.2, 0.25) is 0 Å². The number of anilines is 2. The maximum Gasteiger partial charge on any atom is 0.239 e. The van der Waals surface area contributed by atoms with Crippen molar-refractivity contribution < 1.29 is 8.42 Å². The van der Waals surface area contributed by atoms with E-state index >= 15 is 0 Å². The van der Waals surface area contributed by atoms with Crippen molar-refractivity contribution in [2.24, 2.45) is 0 Å². The molecule has 2 aromatic heterocycles. The van der Waals surface area contributed by atoms with Crippen LogP contribution in [0.3, 0.4) is 0 Å². The molecule has 9 heteroatoms. The molecule has 1 unspecified atom stereocenters. The Balaban J connectivity index is 1.43. The fraction of sp³-hybridized carbons (Fsp3) is 0.421. The van der Waals surface area contributed by atoms with Crippen LogP contribution >= 0.6 is 0 Å². The first-order valence-electron chi connectivity index (χ1n) is 9.57. The molecule has 5 rings (SSSR count). The van der Waals surface area contributed by atoms with E-state index in [0.717, 1.165) is 36.5 Å². The summed E-state index contributed by atoms with van der Waals surface area (Å²) in [7, 11) is -3.42. The van der Waals surface area contributed by atoms with Crippen molar-refractivity contribution >= 4 is 27.2 Å². The Morgan fingerprint density at radius 1 is 1.07 bits per heavy atom. The molecule has 0 bridgehead atoms. The van der Waals surface area contributed by atoms with Crippen LogP contribution in [0.5, 0.6) is 0 Å². The van der Waals surface area contributed by atoms with Gasteiger partial charge >= 0.3 is 0 Å². The van der Waals surface area contributed by atoms with Gasteiger partial charge in [-0.3, -0.25) is 4.31 Å². The largest absolute Gasteiger partial charge is 0.354 e. The van der Waals surface area contributed by atoms with Crippen LogP contribution in [0.25, 0.3) is 5.65 Å². The van der Waals surface area contributed by atoms with Crippen LogP contribution in [0, 0.1) is 6.92 Å². The minimum atomic E-state index is -3.42. The van der Waals surface area contributed by atoms with Crippen molar-refractivity contribution in [1.29, 1.82) is 0 Å². The first kappa shape index (κ1) is 17.4. The van der Waals surface area contributed by atoms with Crippen molar-refractivity contribution in [3.8, 4) is 0 Å². The van der Waals surface area contributed by atoms with E-state index in [-0.39, 0.29) is 0 Å². The fourth-order valence-electron chi connectivity index (χ4n) is 4.20. The molecule has 0 N–H and O–H groups in total. The average Bonchev–Trinajstić information content (AvgIpc) is 3.32. The summed E-state index contributed by atoms with van der Waals surface area (Å²) >= 11 is 0. The van der Waals surface area contributed by atoms with Gasteiger partial charge in [0.1, 0.15) is 5.82 Å². The highest BCUT2D eigenvalue weighted by Crippen LogP contribution is 2.33. The molecule has 0 radical (unpaired) electrons. The third-order valence-corrected chi connectivity index (χ3v) is 7.90. The monoisotopic (exact) mass is 398 g/mol. The highest BCUT2D eigenvalue weighted by molar-refractivity contribution is 7.93.